The molecule has 28 heavy (non-hydrogen) atoms. The number of sulfone groups is 1. The minimum Gasteiger partial charge on any atom is -0.324 e. The van der Waals surface area contributed by atoms with Gasteiger partial charge in [0, 0.05) is 23.5 Å². The predicted molar refractivity (Wildman–Crippen MR) is 110 cm³/mol. The largest absolute Gasteiger partial charge is 0.324 e. The highest BCUT2D eigenvalue weighted by Crippen LogP contribution is 2.37. The first-order valence-corrected chi connectivity index (χ1v) is 11.6. The molecule has 0 spiro atoms. The summed E-state index contributed by atoms with van der Waals surface area (Å²) in [6.07, 6.45) is 0.709. The molecule has 0 saturated carbocycles. The van der Waals surface area contributed by atoms with E-state index in [-0.39, 0.29) is 34.1 Å². The summed E-state index contributed by atoms with van der Waals surface area (Å²) < 4.78 is 25.5. The summed E-state index contributed by atoms with van der Waals surface area (Å²) in [5.41, 5.74) is 2.48. The zero-order valence-corrected chi connectivity index (χ0v) is 17.0. The molecule has 6 nitrogen and oxygen atoms in total. The van der Waals surface area contributed by atoms with Crippen LogP contribution in [0.3, 0.4) is 0 Å². The van der Waals surface area contributed by atoms with Crippen LogP contribution in [0.1, 0.15) is 18.9 Å². The summed E-state index contributed by atoms with van der Waals surface area (Å²) in [7, 11) is -3.63. The van der Waals surface area contributed by atoms with Crippen LogP contribution in [0.2, 0.25) is 0 Å². The van der Waals surface area contributed by atoms with E-state index in [0.717, 1.165) is 22.6 Å². The van der Waals surface area contributed by atoms with E-state index in [2.05, 4.69) is 5.32 Å². The molecule has 1 N–H and O–H groups in total. The molecular weight excluding hydrogens is 396 g/mol. The Hall–Kier alpha value is -2.32. The fourth-order valence-electron chi connectivity index (χ4n) is 3.45. The van der Waals surface area contributed by atoms with Gasteiger partial charge in [0.05, 0.1) is 21.6 Å². The van der Waals surface area contributed by atoms with Crippen molar-refractivity contribution in [2.24, 2.45) is 0 Å². The van der Waals surface area contributed by atoms with Crippen molar-refractivity contribution in [1.82, 2.24) is 0 Å². The van der Waals surface area contributed by atoms with Crippen LogP contribution < -0.4 is 10.2 Å². The van der Waals surface area contributed by atoms with Crippen molar-refractivity contribution < 1.29 is 18.0 Å². The van der Waals surface area contributed by atoms with Gasteiger partial charge in [-0.05, 0) is 43.2 Å². The van der Waals surface area contributed by atoms with Crippen LogP contribution in [0.5, 0.6) is 0 Å². The molecule has 2 aromatic carbocycles. The molecule has 0 aromatic heterocycles. The fraction of sp³-hybridized carbons (Fsp3) is 0.300. The first-order valence-electron chi connectivity index (χ1n) is 9.08. The van der Waals surface area contributed by atoms with Gasteiger partial charge in [-0.2, -0.15) is 0 Å². The molecule has 0 fully saturated rings. The van der Waals surface area contributed by atoms with Gasteiger partial charge in [-0.1, -0.05) is 18.2 Å². The Kier molecular flexibility index (Phi) is 4.93. The van der Waals surface area contributed by atoms with Gasteiger partial charge in [-0.15, -0.1) is 11.8 Å². The van der Waals surface area contributed by atoms with Gasteiger partial charge < -0.3 is 10.2 Å². The normalized spacial score (nSPS) is 18.4. The smallest absolute Gasteiger partial charge is 0.237 e. The van der Waals surface area contributed by atoms with E-state index in [1.54, 1.807) is 24.0 Å². The summed E-state index contributed by atoms with van der Waals surface area (Å²) in [5, 5.41) is 2.53. The Balaban J connectivity index is 1.47. The summed E-state index contributed by atoms with van der Waals surface area (Å²) in [6.45, 7) is 2.38. The number of carbonyl (C=O) groups is 2. The van der Waals surface area contributed by atoms with Crippen LogP contribution in [-0.2, 0) is 25.8 Å². The lowest BCUT2D eigenvalue weighted by Gasteiger charge is -2.22. The van der Waals surface area contributed by atoms with Crippen molar-refractivity contribution in [3.05, 3.63) is 48.0 Å². The van der Waals surface area contributed by atoms with E-state index in [1.165, 1.54) is 17.8 Å². The monoisotopic (exact) mass is 416 g/mol. The molecule has 2 aliphatic rings. The molecule has 146 valence electrons. The van der Waals surface area contributed by atoms with Crippen molar-refractivity contribution in [3.63, 3.8) is 0 Å². The summed E-state index contributed by atoms with van der Waals surface area (Å²) in [6, 6.07) is 12.4. The number of carbonyl (C=O) groups excluding carboxylic acids is 2. The number of nitrogens with one attached hydrogen (secondary N) is 1. The zero-order valence-electron chi connectivity index (χ0n) is 15.3. The van der Waals surface area contributed by atoms with E-state index < -0.39 is 9.84 Å². The number of amides is 2. The average Bonchev–Trinajstić information content (AvgIpc) is 3.11. The average molecular weight is 417 g/mol. The minimum absolute atomic E-state index is 0.0775. The Morgan fingerprint density at radius 1 is 1.25 bits per heavy atom. The van der Waals surface area contributed by atoms with Crippen molar-refractivity contribution >= 4 is 44.8 Å². The highest BCUT2D eigenvalue weighted by molar-refractivity contribution is 8.01. The van der Waals surface area contributed by atoms with Crippen molar-refractivity contribution in [1.29, 1.82) is 0 Å². The number of nitrogens with zero attached hydrogens (tertiary/aromatic N) is 1. The third-order valence-electron chi connectivity index (χ3n) is 5.01. The molecule has 0 bridgehead atoms. The number of hydrogen-bond donors (Lipinski definition) is 1. The van der Waals surface area contributed by atoms with Crippen LogP contribution in [0.15, 0.2) is 52.3 Å². The van der Waals surface area contributed by atoms with Gasteiger partial charge in [0.15, 0.2) is 9.84 Å². The third-order valence-corrected chi connectivity index (χ3v) is 7.91. The molecule has 2 heterocycles. The van der Waals surface area contributed by atoms with E-state index in [0.29, 0.717) is 12.2 Å². The van der Waals surface area contributed by atoms with Gasteiger partial charge in [0.25, 0.3) is 0 Å². The standard InChI is InChI=1S/C20H20N2O4S2/c1-13-20(24)21-16-12-15(6-7-18(16)27-13)28(25,26)11-9-19(23)22-10-8-14-4-2-3-5-17(14)22/h2-7,12-13H,8-11H2,1H3,(H,21,24)/t13-/m0/s1. The van der Waals surface area contributed by atoms with Crippen molar-refractivity contribution in [2.75, 3.05) is 22.5 Å². The number of fused-ring (bicyclic) bond motifs is 2. The van der Waals surface area contributed by atoms with Crippen molar-refractivity contribution in [2.45, 2.75) is 34.8 Å². The lowest BCUT2D eigenvalue weighted by atomic mass is 10.2. The number of rotatable bonds is 4. The topological polar surface area (TPSA) is 83.6 Å². The fourth-order valence-corrected chi connectivity index (χ4v) is 5.64. The molecular formula is C20H20N2O4S2. The molecule has 1 atom stereocenters. The van der Waals surface area contributed by atoms with Crippen LogP contribution >= 0.6 is 11.8 Å². The molecule has 4 rings (SSSR count). The Morgan fingerprint density at radius 3 is 2.86 bits per heavy atom. The van der Waals surface area contributed by atoms with Crippen molar-refractivity contribution in [3.8, 4) is 0 Å². The second-order valence-corrected chi connectivity index (χ2v) is 10.4. The number of anilines is 2. The van der Waals surface area contributed by atoms with Gasteiger partial charge in [-0.3, -0.25) is 9.59 Å². The summed E-state index contributed by atoms with van der Waals surface area (Å²) >= 11 is 1.40. The molecule has 8 heteroatoms. The molecule has 0 unspecified atom stereocenters. The Labute approximate surface area is 168 Å². The Bertz CT molecular complexity index is 1070. The lowest BCUT2D eigenvalue weighted by molar-refractivity contribution is -0.118. The molecule has 2 aromatic rings. The molecule has 2 aliphatic heterocycles. The van der Waals surface area contributed by atoms with E-state index >= 15 is 0 Å². The first kappa shape index (κ1) is 19.0. The molecule has 0 radical (unpaired) electrons. The zero-order chi connectivity index (χ0) is 19.9. The highest BCUT2D eigenvalue weighted by atomic mass is 32.2. The SMILES string of the molecule is C[C@@H]1Sc2ccc(S(=O)(=O)CCC(=O)N3CCc4ccccc43)cc2NC1=O. The number of hydrogen-bond acceptors (Lipinski definition) is 5. The maximum Gasteiger partial charge on any atom is 0.237 e. The van der Waals surface area contributed by atoms with Crippen LogP contribution in [-0.4, -0.2) is 37.8 Å². The Morgan fingerprint density at radius 2 is 2.04 bits per heavy atom. The lowest BCUT2D eigenvalue weighted by Crippen LogP contribution is -2.30. The van der Waals surface area contributed by atoms with Crippen LogP contribution in [0, 0.1) is 0 Å². The molecule has 0 aliphatic carbocycles. The number of para-hydroxylation sites is 1. The number of thioether (sulfide) groups is 1. The second kappa shape index (κ2) is 7.25. The summed E-state index contributed by atoms with van der Waals surface area (Å²) in [4.78, 5) is 27.1. The summed E-state index contributed by atoms with van der Waals surface area (Å²) in [5.74, 6) is -0.597. The van der Waals surface area contributed by atoms with E-state index in [4.69, 9.17) is 0 Å². The van der Waals surface area contributed by atoms with Gasteiger partial charge in [0.1, 0.15) is 0 Å². The van der Waals surface area contributed by atoms with Gasteiger partial charge in [0.2, 0.25) is 11.8 Å². The molecule has 0 saturated heterocycles. The van der Waals surface area contributed by atoms with Crippen LogP contribution in [0.4, 0.5) is 11.4 Å². The maximum atomic E-state index is 12.7. The van der Waals surface area contributed by atoms with Gasteiger partial charge in [-0.25, -0.2) is 8.42 Å². The minimum atomic E-state index is -3.63. The molecule has 2 amide bonds. The number of benzene rings is 2. The third kappa shape index (κ3) is 3.54. The van der Waals surface area contributed by atoms with Crippen LogP contribution in [0.25, 0.3) is 0 Å². The highest BCUT2D eigenvalue weighted by Gasteiger charge is 2.28. The predicted octanol–water partition coefficient (Wildman–Crippen LogP) is 2.87. The van der Waals surface area contributed by atoms with E-state index in [9.17, 15) is 18.0 Å². The van der Waals surface area contributed by atoms with E-state index in [1.807, 2.05) is 24.3 Å². The first-order chi connectivity index (χ1) is 13.3. The van der Waals surface area contributed by atoms with Gasteiger partial charge >= 0.3 is 0 Å². The maximum absolute atomic E-state index is 12.7. The second-order valence-electron chi connectivity index (χ2n) is 6.90. The quantitative estimate of drug-likeness (QED) is 0.829.